The third kappa shape index (κ3) is 4.98. The summed E-state index contributed by atoms with van der Waals surface area (Å²) in [4.78, 5) is 39.0. The molecule has 0 bridgehead atoms. The number of hydrogen-bond donors (Lipinski definition) is 2. The Labute approximate surface area is 195 Å². The van der Waals surface area contributed by atoms with Gasteiger partial charge in [-0.15, -0.1) is 0 Å². The topological polar surface area (TPSA) is 144 Å². The van der Waals surface area contributed by atoms with Gasteiger partial charge in [0.15, 0.2) is 5.79 Å². The molecule has 34 heavy (non-hydrogen) atoms. The third-order valence-corrected chi connectivity index (χ3v) is 6.02. The number of carbonyl (C=O) groups excluding carboxylic acids is 1. The average molecular weight is 475 g/mol. The molecule has 4 rings (SSSR count). The predicted octanol–water partition coefficient (Wildman–Crippen LogP) is 0.287. The average Bonchev–Trinajstić information content (AvgIpc) is 3.37. The normalized spacial score (nSPS) is 29.1. The van der Waals surface area contributed by atoms with Crippen LogP contribution in [0.3, 0.4) is 0 Å². The lowest BCUT2D eigenvalue weighted by Gasteiger charge is -2.29. The van der Waals surface area contributed by atoms with Crippen LogP contribution in [0.25, 0.3) is 0 Å². The minimum Gasteiger partial charge on any atom is -0.468 e. The van der Waals surface area contributed by atoms with Crippen molar-refractivity contribution in [1.29, 1.82) is 0 Å². The Morgan fingerprint density at radius 2 is 2.00 bits per heavy atom. The summed E-state index contributed by atoms with van der Waals surface area (Å²) in [5, 5.41) is 0. The SMILES string of the molecule is COC(=O)[C@H](N)[C@@H]1[C@@H](OCc2ccccc2)[C@@H](C2COC(C)(C)O2)O[C@H]1n1ccc(=O)[nH]c1=O. The van der Waals surface area contributed by atoms with Crippen LogP contribution in [0.15, 0.2) is 52.2 Å². The van der Waals surface area contributed by atoms with E-state index in [1.54, 1.807) is 13.8 Å². The number of methoxy groups -OCH3 is 1. The minimum absolute atomic E-state index is 0.208. The zero-order valence-electron chi connectivity index (χ0n) is 19.2. The van der Waals surface area contributed by atoms with E-state index in [2.05, 4.69) is 4.98 Å². The van der Waals surface area contributed by atoms with Crippen molar-refractivity contribution in [3.63, 3.8) is 0 Å². The molecular formula is C23H29N3O8. The predicted molar refractivity (Wildman–Crippen MR) is 119 cm³/mol. The third-order valence-electron chi connectivity index (χ3n) is 6.02. The molecule has 11 heteroatoms. The summed E-state index contributed by atoms with van der Waals surface area (Å²) < 4.78 is 30.4. The Morgan fingerprint density at radius 3 is 2.62 bits per heavy atom. The van der Waals surface area contributed by atoms with Gasteiger partial charge in [0.25, 0.3) is 5.56 Å². The fourth-order valence-electron chi connectivity index (χ4n) is 4.41. The maximum absolute atomic E-state index is 12.6. The Kier molecular flexibility index (Phi) is 7.01. The molecule has 2 aromatic rings. The van der Waals surface area contributed by atoms with Crippen molar-refractivity contribution < 1.29 is 28.5 Å². The number of aromatic amines is 1. The van der Waals surface area contributed by atoms with Crippen molar-refractivity contribution in [3.8, 4) is 0 Å². The molecule has 6 atom stereocenters. The first-order valence-corrected chi connectivity index (χ1v) is 11.0. The summed E-state index contributed by atoms with van der Waals surface area (Å²) in [6.45, 7) is 3.99. The van der Waals surface area contributed by atoms with E-state index in [9.17, 15) is 14.4 Å². The Bertz CT molecular complexity index is 1110. The quantitative estimate of drug-likeness (QED) is 0.540. The monoisotopic (exact) mass is 475 g/mol. The van der Waals surface area contributed by atoms with E-state index >= 15 is 0 Å². The minimum atomic E-state index is -1.19. The fourth-order valence-corrected chi connectivity index (χ4v) is 4.41. The van der Waals surface area contributed by atoms with Gasteiger partial charge < -0.3 is 29.4 Å². The van der Waals surface area contributed by atoms with Gasteiger partial charge >= 0.3 is 11.7 Å². The van der Waals surface area contributed by atoms with Gasteiger partial charge in [-0.1, -0.05) is 30.3 Å². The van der Waals surface area contributed by atoms with Crippen LogP contribution >= 0.6 is 0 Å². The van der Waals surface area contributed by atoms with Crippen LogP contribution < -0.4 is 17.0 Å². The van der Waals surface area contributed by atoms with Gasteiger partial charge in [0.1, 0.15) is 24.5 Å². The second-order valence-electron chi connectivity index (χ2n) is 8.76. The van der Waals surface area contributed by atoms with Gasteiger partial charge in [0.05, 0.1) is 32.3 Å². The van der Waals surface area contributed by atoms with Gasteiger partial charge in [-0.3, -0.25) is 19.1 Å². The van der Waals surface area contributed by atoms with E-state index in [0.29, 0.717) is 0 Å². The molecule has 1 unspecified atom stereocenters. The lowest BCUT2D eigenvalue weighted by Crippen LogP contribution is -2.50. The van der Waals surface area contributed by atoms with Crippen LogP contribution in [0.2, 0.25) is 0 Å². The smallest absolute Gasteiger partial charge is 0.330 e. The zero-order valence-corrected chi connectivity index (χ0v) is 19.2. The van der Waals surface area contributed by atoms with E-state index in [-0.39, 0.29) is 13.2 Å². The number of aromatic nitrogens is 2. The first-order chi connectivity index (χ1) is 16.2. The molecular weight excluding hydrogens is 446 g/mol. The molecule has 0 aliphatic carbocycles. The molecule has 2 aliphatic heterocycles. The molecule has 0 amide bonds. The molecule has 0 saturated carbocycles. The molecule has 184 valence electrons. The number of ether oxygens (including phenoxy) is 5. The van der Waals surface area contributed by atoms with Gasteiger partial charge in [0.2, 0.25) is 0 Å². The van der Waals surface area contributed by atoms with Crippen LogP contribution in [0.5, 0.6) is 0 Å². The van der Waals surface area contributed by atoms with E-state index in [1.165, 1.54) is 23.9 Å². The van der Waals surface area contributed by atoms with E-state index in [4.69, 9.17) is 29.4 Å². The molecule has 0 radical (unpaired) electrons. The number of nitrogens with zero attached hydrogens (tertiary/aromatic N) is 1. The van der Waals surface area contributed by atoms with Crippen LogP contribution in [0, 0.1) is 5.92 Å². The molecule has 1 aromatic heterocycles. The molecule has 3 heterocycles. The molecule has 2 saturated heterocycles. The van der Waals surface area contributed by atoms with Crippen molar-refractivity contribution in [2.75, 3.05) is 13.7 Å². The molecule has 11 nitrogen and oxygen atoms in total. The highest BCUT2D eigenvalue weighted by atomic mass is 16.8. The summed E-state index contributed by atoms with van der Waals surface area (Å²) in [5.74, 6) is -2.36. The number of H-pyrrole nitrogens is 1. The van der Waals surface area contributed by atoms with Crippen molar-refractivity contribution in [3.05, 3.63) is 69.0 Å². The molecule has 1 aromatic carbocycles. The van der Waals surface area contributed by atoms with Gasteiger partial charge in [-0.05, 0) is 19.4 Å². The van der Waals surface area contributed by atoms with Crippen LogP contribution in [0.1, 0.15) is 25.6 Å². The molecule has 2 fully saturated rings. The van der Waals surface area contributed by atoms with E-state index in [1.807, 2.05) is 30.3 Å². The second kappa shape index (κ2) is 9.80. The lowest BCUT2D eigenvalue weighted by atomic mass is 9.90. The molecule has 3 N–H and O–H groups in total. The van der Waals surface area contributed by atoms with Gasteiger partial charge in [-0.25, -0.2) is 4.79 Å². The van der Waals surface area contributed by atoms with Gasteiger partial charge in [-0.2, -0.15) is 0 Å². The summed E-state index contributed by atoms with van der Waals surface area (Å²) in [6, 6.07) is 9.48. The second-order valence-corrected chi connectivity index (χ2v) is 8.76. The summed E-state index contributed by atoms with van der Waals surface area (Å²) in [7, 11) is 1.23. The van der Waals surface area contributed by atoms with E-state index < -0.39 is 59.5 Å². The largest absolute Gasteiger partial charge is 0.468 e. The van der Waals surface area contributed by atoms with E-state index in [0.717, 1.165) is 5.56 Å². The number of hydrogen-bond acceptors (Lipinski definition) is 9. The Hall–Kier alpha value is -2.83. The number of rotatable bonds is 7. The lowest BCUT2D eigenvalue weighted by molar-refractivity contribution is -0.168. The number of esters is 1. The van der Waals surface area contributed by atoms with Crippen LogP contribution in [-0.4, -0.2) is 59.4 Å². The van der Waals surface area contributed by atoms with Crippen molar-refractivity contribution in [1.82, 2.24) is 9.55 Å². The molecule has 0 spiro atoms. The first-order valence-electron chi connectivity index (χ1n) is 11.0. The Morgan fingerprint density at radius 1 is 1.26 bits per heavy atom. The highest BCUT2D eigenvalue weighted by molar-refractivity contribution is 5.76. The summed E-state index contributed by atoms with van der Waals surface area (Å²) in [5.41, 5.74) is 5.96. The van der Waals surface area contributed by atoms with Gasteiger partial charge in [0, 0.05) is 12.3 Å². The number of nitrogens with two attached hydrogens (primary N) is 1. The Balaban J connectivity index is 1.73. The van der Waals surface area contributed by atoms with Crippen molar-refractivity contribution in [2.45, 2.75) is 56.8 Å². The first kappa shape index (κ1) is 24.3. The number of benzene rings is 1. The number of nitrogens with one attached hydrogen (secondary N) is 1. The standard InChI is InChI=1S/C23H29N3O8/c1-23(2)32-12-14(34-23)18-19(31-11-13-7-5-4-6-8-13)16(17(24)21(28)30-3)20(33-18)26-10-9-15(27)25-22(26)29/h4-10,14,16-20H,11-12,24H2,1-3H3,(H,25,27,29)/t14?,16-,17-,18-,19-,20-/m1/s1. The highest BCUT2D eigenvalue weighted by Crippen LogP contribution is 2.42. The summed E-state index contributed by atoms with van der Waals surface area (Å²) >= 11 is 0. The maximum Gasteiger partial charge on any atom is 0.330 e. The highest BCUT2D eigenvalue weighted by Gasteiger charge is 2.56. The van der Waals surface area contributed by atoms with Crippen molar-refractivity contribution >= 4 is 5.97 Å². The molecule has 2 aliphatic rings. The van der Waals surface area contributed by atoms with Crippen LogP contribution in [0.4, 0.5) is 0 Å². The maximum atomic E-state index is 12.6. The summed E-state index contributed by atoms with van der Waals surface area (Å²) in [6.07, 6.45) is -1.77. The zero-order chi connectivity index (χ0) is 24.5. The fraction of sp³-hybridized carbons (Fsp3) is 0.522. The van der Waals surface area contributed by atoms with Crippen molar-refractivity contribution in [2.24, 2.45) is 11.7 Å². The van der Waals surface area contributed by atoms with Crippen LogP contribution in [-0.2, 0) is 35.1 Å². The number of carbonyl (C=O) groups is 1.